The predicted octanol–water partition coefficient (Wildman–Crippen LogP) is 5.69. The van der Waals surface area contributed by atoms with Crippen LogP contribution in [0.3, 0.4) is 0 Å². The summed E-state index contributed by atoms with van der Waals surface area (Å²) in [5, 5.41) is 12.8. The average Bonchev–Trinajstić information content (AvgIpc) is 3.83. The van der Waals surface area contributed by atoms with E-state index in [1.54, 1.807) is 6.92 Å². The van der Waals surface area contributed by atoms with Gasteiger partial charge in [0.2, 0.25) is 0 Å². The second-order valence-electron chi connectivity index (χ2n) is 10.1. The number of nitrogens with zero attached hydrogens (tertiary/aromatic N) is 1. The van der Waals surface area contributed by atoms with Crippen molar-refractivity contribution in [3.63, 3.8) is 0 Å². The first-order valence-corrected chi connectivity index (χ1v) is 13.0. The molecule has 3 aromatic rings. The zero-order chi connectivity index (χ0) is 26.8. The maximum atomic E-state index is 13.0. The van der Waals surface area contributed by atoms with Crippen LogP contribution in [0.5, 0.6) is 11.5 Å². The Kier molecular flexibility index (Phi) is 7.18. The monoisotopic (exact) mass is 512 g/mol. The fourth-order valence-corrected chi connectivity index (χ4v) is 4.63. The van der Waals surface area contributed by atoms with Crippen LogP contribution >= 0.6 is 0 Å². The molecule has 0 radical (unpaired) electrons. The number of hydrogen-bond acceptors (Lipinski definition) is 6. The van der Waals surface area contributed by atoms with Crippen LogP contribution < -0.4 is 10.1 Å². The molecule has 0 spiro atoms. The number of benzene rings is 2. The van der Waals surface area contributed by atoms with E-state index in [2.05, 4.69) is 58.8 Å². The van der Waals surface area contributed by atoms with Gasteiger partial charge in [-0.25, -0.2) is 9.78 Å². The summed E-state index contributed by atoms with van der Waals surface area (Å²) in [6.07, 6.45) is 6.27. The summed E-state index contributed by atoms with van der Waals surface area (Å²) in [4.78, 5) is 29.6. The van der Waals surface area contributed by atoms with Gasteiger partial charge in [0, 0.05) is 17.8 Å². The zero-order valence-corrected chi connectivity index (χ0v) is 21.9. The Balaban J connectivity index is 1.37. The van der Waals surface area contributed by atoms with Crippen LogP contribution in [0, 0.1) is 0 Å². The molecule has 2 fully saturated rings. The Morgan fingerprint density at radius 2 is 1.45 bits per heavy atom. The first-order chi connectivity index (χ1) is 18.4. The Bertz CT molecular complexity index is 1310. The molecular weight excluding hydrogens is 480 g/mol. The van der Waals surface area contributed by atoms with Crippen molar-refractivity contribution >= 4 is 17.4 Å². The van der Waals surface area contributed by atoms with E-state index in [-0.39, 0.29) is 11.4 Å². The van der Waals surface area contributed by atoms with Crippen molar-refractivity contribution in [1.82, 2.24) is 10.3 Å². The molecule has 1 amide bonds. The van der Waals surface area contributed by atoms with Crippen LogP contribution in [0.15, 0.2) is 66.6 Å². The van der Waals surface area contributed by atoms with Crippen molar-refractivity contribution in [1.29, 1.82) is 0 Å². The Morgan fingerprint density at radius 1 is 0.921 bits per heavy atom. The minimum Gasteiger partial charge on any atom is -0.503 e. The number of ether oxygens (including phenoxy) is 2. The summed E-state index contributed by atoms with van der Waals surface area (Å²) in [5.74, 6) is 0.128. The molecule has 0 unspecified atom stereocenters. The van der Waals surface area contributed by atoms with Gasteiger partial charge in [0.1, 0.15) is 11.8 Å². The van der Waals surface area contributed by atoms with Gasteiger partial charge >= 0.3 is 5.97 Å². The molecule has 0 bridgehead atoms. The van der Waals surface area contributed by atoms with Gasteiger partial charge in [0.15, 0.2) is 17.2 Å². The van der Waals surface area contributed by atoms with E-state index >= 15 is 0 Å². The third kappa shape index (κ3) is 5.57. The van der Waals surface area contributed by atoms with Crippen molar-refractivity contribution < 1.29 is 24.2 Å². The number of aromatic nitrogens is 1. The number of rotatable bonds is 9. The summed E-state index contributed by atoms with van der Waals surface area (Å²) in [6, 6.07) is 17.4. The molecule has 196 valence electrons. The average molecular weight is 513 g/mol. The molecule has 1 aromatic heterocycles. The fourth-order valence-electron chi connectivity index (χ4n) is 4.63. The van der Waals surface area contributed by atoms with Crippen molar-refractivity contribution in [2.24, 2.45) is 0 Å². The molecule has 2 N–H and O–H groups in total. The number of aromatic hydroxyl groups is 1. The van der Waals surface area contributed by atoms with Gasteiger partial charge in [-0.05, 0) is 73.6 Å². The number of amides is 1. The molecule has 2 aliphatic rings. The molecule has 2 saturated carbocycles. The van der Waals surface area contributed by atoms with E-state index in [1.807, 2.05) is 0 Å². The van der Waals surface area contributed by atoms with E-state index in [9.17, 15) is 14.7 Å². The van der Waals surface area contributed by atoms with E-state index in [0.717, 1.165) is 16.7 Å². The summed E-state index contributed by atoms with van der Waals surface area (Å²) in [7, 11) is 1.38. The highest BCUT2D eigenvalue weighted by Crippen LogP contribution is 2.42. The van der Waals surface area contributed by atoms with Crippen molar-refractivity contribution in [3.05, 3.63) is 94.5 Å². The highest BCUT2D eigenvalue weighted by molar-refractivity contribution is 5.98. The normalized spacial score (nSPS) is 15.3. The molecule has 5 rings (SSSR count). The second kappa shape index (κ2) is 10.7. The Morgan fingerprint density at radius 3 is 1.92 bits per heavy atom. The third-order valence-corrected chi connectivity index (χ3v) is 7.13. The minimum absolute atomic E-state index is 0.115. The third-order valence-electron chi connectivity index (χ3n) is 7.13. The first-order valence-electron chi connectivity index (χ1n) is 13.0. The number of esters is 1. The number of pyridine rings is 1. The molecule has 7 heteroatoms. The summed E-state index contributed by atoms with van der Waals surface area (Å²) in [5.41, 5.74) is 5.18. The van der Waals surface area contributed by atoms with E-state index in [0.29, 0.717) is 17.6 Å². The molecular formula is C31H32N2O5. The lowest BCUT2D eigenvalue weighted by atomic mass is 9.94. The van der Waals surface area contributed by atoms with Gasteiger partial charge in [-0.15, -0.1) is 0 Å². The molecule has 0 saturated heterocycles. The second-order valence-corrected chi connectivity index (χ2v) is 10.1. The van der Waals surface area contributed by atoms with Crippen LogP contribution in [0.25, 0.3) is 5.57 Å². The highest BCUT2D eigenvalue weighted by Gasteiger charge is 2.26. The van der Waals surface area contributed by atoms with Gasteiger partial charge in [0.05, 0.1) is 7.11 Å². The molecule has 2 aliphatic carbocycles. The topological polar surface area (TPSA) is 97.8 Å². The van der Waals surface area contributed by atoms with Gasteiger partial charge < -0.3 is 19.9 Å². The summed E-state index contributed by atoms with van der Waals surface area (Å²) in [6.45, 7) is 3.29. The van der Waals surface area contributed by atoms with Crippen LogP contribution in [0.2, 0.25) is 0 Å². The number of carbonyl (C=O) groups is 2. The van der Waals surface area contributed by atoms with Crippen LogP contribution in [0.4, 0.5) is 0 Å². The van der Waals surface area contributed by atoms with E-state index < -0.39 is 23.7 Å². The molecule has 38 heavy (non-hydrogen) atoms. The lowest BCUT2D eigenvalue weighted by Crippen LogP contribution is -2.39. The van der Waals surface area contributed by atoms with Gasteiger partial charge in [-0.1, -0.05) is 48.5 Å². The van der Waals surface area contributed by atoms with Crippen molar-refractivity contribution in [2.75, 3.05) is 7.11 Å². The number of allylic oxidation sites excluding steroid dienone is 1. The molecule has 0 aliphatic heterocycles. The summed E-state index contributed by atoms with van der Waals surface area (Å²) < 4.78 is 10.8. The fraction of sp³-hybridized carbons (Fsp3) is 0.323. The van der Waals surface area contributed by atoms with Crippen molar-refractivity contribution in [2.45, 2.75) is 57.4 Å². The number of carbonyl (C=O) groups excluding carboxylic acids is 2. The standard InChI is InChI=1S/C31H32N2O5/c1-18(33-30(35)28-29(34)26(37-3)16-17-32-28)31(36)38-19(2)27(24-12-8-22(9-13-24)20-4-5-20)25-14-10-23(11-15-25)21-6-7-21/h8-18,20-21,34H,4-7H2,1-3H3,(H,33,35)/t18-/m0/s1. The van der Waals surface area contributed by atoms with Gasteiger partial charge in [-0.2, -0.15) is 0 Å². The molecule has 1 heterocycles. The van der Waals surface area contributed by atoms with Gasteiger partial charge in [-0.3, -0.25) is 4.79 Å². The molecule has 7 nitrogen and oxygen atoms in total. The summed E-state index contributed by atoms with van der Waals surface area (Å²) >= 11 is 0. The smallest absolute Gasteiger partial charge is 0.333 e. The van der Waals surface area contributed by atoms with Crippen LogP contribution in [-0.2, 0) is 9.53 Å². The molecule has 2 aromatic carbocycles. The van der Waals surface area contributed by atoms with Crippen LogP contribution in [0.1, 0.15) is 84.1 Å². The molecule has 1 atom stereocenters. The maximum absolute atomic E-state index is 13.0. The highest BCUT2D eigenvalue weighted by atomic mass is 16.5. The van der Waals surface area contributed by atoms with Crippen LogP contribution in [-0.4, -0.2) is 35.1 Å². The number of nitrogens with one attached hydrogen (secondary N) is 1. The Labute approximate surface area is 222 Å². The van der Waals surface area contributed by atoms with E-state index in [1.165, 1.54) is 63.1 Å². The number of methoxy groups -OCH3 is 1. The predicted molar refractivity (Wildman–Crippen MR) is 144 cm³/mol. The zero-order valence-electron chi connectivity index (χ0n) is 21.9. The maximum Gasteiger partial charge on any atom is 0.333 e. The largest absolute Gasteiger partial charge is 0.503 e. The first kappa shape index (κ1) is 25.5. The minimum atomic E-state index is -0.986. The lowest BCUT2D eigenvalue weighted by Gasteiger charge is -2.17. The van der Waals surface area contributed by atoms with Gasteiger partial charge in [0.25, 0.3) is 5.91 Å². The SMILES string of the molecule is COc1ccnc(C(=O)N[C@@H](C)C(=O)OC(C)=C(c2ccc(C3CC3)cc2)c2ccc(C3CC3)cc2)c1O. The lowest BCUT2D eigenvalue weighted by molar-refractivity contribution is -0.141. The van der Waals surface area contributed by atoms with E-state index in [4.69, 9.17) is 9.47 Å². The quantitative estimate of drug-likeness (QED) is 0.282. The van der Waals surface area contributed by atoms with Crippen molar-refractivity contribution in [3.8, 4) is 11.5 Å². The Hall–Kier alpha value is -4.13. The number of hydrogen-bond donors (Lipinski definition) is 2.